The summed E-state index contributed by atoms with van der Waals surface area (Å²) < 4.78 is 1.65. The number of imide groups is 1. The van der Waals surface area contributed by atoms with E-state index in [1.165, 1.54) is 4.90 Å². The zero-order chi connectivity index (χ0) is 27.2. The number of rotatable bonds is 3. The molecule has 2 saturated heterocycles. The number of carbonyl (C=O) groups excluding carboxylic acids is 2. The van der Waals surface area contributed by atoms with E-state index in [1.54, 1.807) is 10.6 Å². The van der Waals surface area contributed by atoms with Gasteiger partial charge in [-0.05, 0) is 56.0 Å². The summed E-state index contributed by atoms with van der Waals surface area (Å²) in [4.78, 5) is 49.1. The van der Waals surface area contributed by atoms with Crippen LogP contribution in [0.1, 0.15) is 42.8 Å². The summed E-state index contributed by atoms with van der Waals surface area (Å²) in [7, 11) is 0. The summed E-state index contributed by atoms with van der Waals surface area (Å²) in [6.45, 7) is 8.18. The molecule has 3 aliphatic rings. The normalized spacial score (nSPS) is 25.2. The molecule has 4 aromatic rings. The van der Waals surface area contributed by atoms with Crippen molar-refractivity contribution in [2.75, 3.05) is 4.90 Å². The zero-order valence-electron chi connectivity index (χ0n) is 22.4. The largest absolute Gasteiger partial charge is 0.297 e. The minimum atomic E-state index is -1.11. The lowest BCUT2D eigenvalue weighted by Crippen LogP contribution is -2.50. The van der Waals surface area contributed by atoms with E-state index in [1.807, 2.05) is 74.5 Å². The van der Waals surface area contributed by atoms with Gasteiger partial charge in [-0.25, -0.2) is 9.88 Å². The van der Waals surface area contributed by atoms with Crippen LogP contribution in [0.4, 0.5) is 5.69 Å². The highest BCUT2D eigenvalue weighted by atomic mass is 16.2. The summed E-state index contributed by atoms with van der Waals surface area (Å²) in [5, 5.41) is 4.29. The van der Waals surface area contributed by atoms with Crippen LogP contribution in [0.5, 0.6) is 0 Å². The van der Waals surface area contributed by atoms with Gasteiger partial charge in [-0.3, -0.25) is 24.3 Å². The number of para-hydroxylation sites is 2. The average Bonchev–Trinajstić information content (AvgIpc) is 3.47. The van der Waals surface area contributed by atoms with Crippen LogP contribution in [0.15, 0.2) is 71.5 Å². The van der Waals surface area contributed by atoms with E-state index < -0.39 is 17.4 Å². The van der Waals surface area contributed by atoms with E-state index in [0.29, 0.717) is 40.4 Å². The number of amides is 2. The Bertz CT molecular complexity index is 1770. The van der Waals surface area contributed by atoms with Gasteiger partial charge in [0.1, 0.15) is 11.4 Å². The first-order valence-corrected chi connectivity index (χ1v) is 13.6. The van der Waals surface area contributed by atoms with Gasteiger partial charge in [-0.15, -0.1) is 0 Å². The fourth-order valence-corrected chi connectivity index (χ4v) is 7.22. The van der Waals surface area contributed by atoms with Crippen molar-refractivity contribution in [3.63, 3.8) is 0 Å². The smallest absolute Gasteiger partial charge is 0.266 e. The van der Waals surface area contributed by atoms with Gasteiger partial charge in [-0.1, -0.05) is 61.9 Å². The maximum atomic E-state index is 14.5. The average molecular weight is 519 g/mol. The molecule has 0 saturated carbocycles. The molecule has 0 radical (unpaired) electrons. The van der Waals surface area contributed by atoms with Crippen molar-refractivity contribution in [3.05, 3.63) is 99.6 Å². The molecule has 7 nitrogen and oxygen atoms in total. The second kappa shape index (κ2) is 8.20. The van der Waals surface area contributed by atoms with E-state index >= 15 is 0 Å². The monoisotopic (exact) mass is 518 g/mol. The van der Waals surface area contributed by atoms with Gasteiger partial charge in [0.05, 0.1) is 34.1 Å². The SMILES string of the molecule is Cc1ccc(N2C(=O)[C@H]3C(CC(C)C)NC4(c5ccccc5-n5c4nc4ccccc4c5=O)[C@H]3C2=O)c(C)c1. The van der Waals surface area contributed by atoms with E-state index in [4.69, 9.17) is 4.98 Å². The Hall–Kier alpha value is -4.10. The number of nitrogens with zero attached hydrogens (tertiary/aromatic N) is 3. The topological polar surface area (TPSA) is 84.3 Å². The fraction of sp³-hybridized carbons (Fsp3) is 0.312. The maximum absolute atomic E-state index is 14.5. The number of carbonyl (C=O) groups is 2. The van der Waals surface area contributed by atoms with Crippen molar-refractivity contribution >= 4 is 28.4 Å². The van der Waals surface area contributed by atoms with Crippen molar-refractivity contribution < 1.29 is 9.59 Å². The van der Waals surface area contributed by atoms with Crippen molar-refractivity contribution in [2.24, 2.45) is 17.8 Å². The van der Waals surface area contributed by atoms with Gasteiger partial charge in [-0.2, -0.15) is 0 Å². The Kier molecular flexibility index (Phi) is 5.04. The number of aromatic nitrogens is 2. The molecule has 3 aliphatic heterocycles. The second-order valence-corrected chi connectivity index (χ2v) is 11.6. The number of hydrogen-bond acceptors (Lipinski definition) is 5. The number of aryl methyl sites for hydroxylation is 2. The van der Waals surface area contributed by atoms with E-state index in [0.717, 1.165) is 16.7 Å². The maximum Gasteiger partial charge on any atom is 0.266 e. The number of fused-ring (bicyclic) bond motifs is 8. The predicted molar refractivity (Wildman–Crippen MR) is 150 cm³/mol. The fourth-order valence-electron chi connectivity index (χ4n) is 7.22. The molecule has 2 unspecified atom stereocenters. The third-order valence-corrected chi connectivity index (χ3v) is 8.68. The molecule has 1 N–H and O–H groups in total. The lowest BCUT2D eigenvalue weighted by Gasteiger charge is -2.32. The van der Waals surface area contributed by atoms with Crippen LogP contribution in [0.2, 0.25) is 0 Å². The minimum Gasteiger partial charge on any atom is -0.297 e. The Morgan fingerprint density at radius 2 is 1.67 bits per heavy atom. The highest BCUT2D eigenvalue weighted by Crippen LogP contribution is 2.56. The van der Waals surface area contributed by atoms with E-state index in [2.05, 4.69) is 19.2 Å². The Morgan fingerprint density at radius 1 is 0.923 bits per heavy atom. The number of nitrogens with one attached hydrogen (secondary N) is 1. The first-order valence-electron chi connectivity index (χ1n) is 13.6. The quantitative estimate of drug-likeness (QED) is 0.407. The molecule has 2 fully saturated rings. The molecule has 0 aliphatic carbocycles. The van der Waals surface area contributed by atoms with Crippen molar-refractivity contribution in [3.8, 4) is 5.69 Å². The first-order chi connectivity index (χ1) is 18.7. The molecule has 7 rings (SSSR count). The first kappa shape index (κ1) is 24.0. The molecule has 1 spiro atoms. The third kappa shape index (κ3) is 3.08. The van der Waals surface area contributed by atoms with Crippen LogP contribution >= 0.6 is 0 Å². The zero-order valence-corrected chi connectivity index (χ0v) is 22.4. The molecule has 4 heterocycles. The van der Waals surface area contributed by atoms with Gasteiger partial charge in [0.15, 0.2) is 0 Å². The Morgan fingerprint density at radius 3 is 2.44 bits per heavy atom. The van der Waals surface area contributed by atoms with Crippen LogP contribution in [-0.2, 0) is 15.1 Å². The van der Waals surface area contributed by atoms with E-state index in [9.17, 15) is 14.4 Å². The van der Waals surface area contributed by atoms with Gasteiger partial charge in [0, 0.05) is 11.6 Å². The van der Waals surface area contributed by atoms with Crippen LogP contribution < -0.4 is 15.8 Å². The molecule has 196 valence electrons. The number of hydrogen-bond donors (Lipinski definition) is 1. The van der Waals surface area contributed by atoms with Crippen LogP contribution in [-0.4, -0.2) is 27.4 Å². The molecular weight excluding hydrogens is 488 g/mol. The summed E-state index contributed by atoms with van der Waals surface area (Å²) in [5.41, 5.74) is 3.39. The minimum absolute atomic E-state index is 0.173. The lowest BCUT2D eigenvalue weighted by molar-refractivity contribution is -0.123. The molecule has 1 aromatic heterocycles. The van der Waals surface area contributed by atoms with Crippen LogP contribution in [0, 0.1) is 31.6 Å². The summed E-state index contributed by atoms with van der Waals surface area (Å²) in [6, 6.07) is 20.5. The van der Waals surface area contributed by atoms with Crippen LogP contribution in [0.3, 0.4) is 0 Å². The third-order valence-electron chi connectivity index (χ3n) is 8.68. The number of benzene rings is 3. The molecule has 0 bridgehead atoms. The summed E-state index contributed by atoms with van der Waals surface area (Å²) in [6.07, 6.45) is 0.711. The summed E-state index contributed by atoms with van der Waals surface area (Å²) >= 11 is 0. The molecule has 7 heteroatoms. The molecular formula is C32H30N4O3. The molecule has 2 amide bonds. The highest BCUT2D eigenvalue weighted by molar-refractivity contribution is 6.23. The Labute approximate surface area is 226 Å². The van der Waals surface area contributed by atoms with Gasteiger partial charge in [0.25, 0.3) is 5.56 Å². The lowest BCUT2D eigenvalue weighted by atomic mass is 9.75. The molecule has 3 aromatic carbocycles. The van der Waals surface area contributed by atoms with Crippen molar-refractivity contribution in [1.82, 2.24) is 14.9 Å². The molecule has 39 heavy (non-hydrogen) atoms. The van der Waals surface area contributed by atoms with Gasteiger partial charge < -0.3 is 0 Å². The van der Waals surface area contributed by atoms with E-state index in [-0.39, 0.29) is 23.4 Å². The predicted octanol–water partition coefficient (Wildman–Crippen LogP) is 4.38. The van der Waals surface area contributed by atoms with Gasteiger partial charge >= 0.3 is 0 Å². The van der Waals surface area contributed by atoms with Gasteiger partial charge in [0.2, 0.25) is 11.8 Å². The second-order valence-electron chi connectivity index (χ2n) is 11.6. The van der Waals surface area contributed by atoms with Crippen LogP contribution in [0.25, 0.3) is 16.6 Å². The van der Waals surface area contributed by atoms with Crippen molar-refractivity contribution in [1.29, 1.82) is 0 Å². The Balaban J connectivity index is 1.52. The standard InChI is InChI=1S/C32H30N4O3/c1-17(2)15-23-26-27(30(39)35(29(26)38)24-14-13-18(3)16-19(24)4)32(34-23)21-10-6-8-12-25(21)36-28(37)20-9-5-7-11-22(20)33-31(32)36/h5-14,16-17,23,26-27,34H,15H2,1-4H3/t23?,26-,27+,32?/m0/s1. The van der Waals surface area contributed by atoms with Crippen molar-refractivity contribution in [2.45, 2.75) is 45.7 Å². The summed E-state index contributed by atoms with van der Waals surface area (Å²) in [5.74, 6) is -0.981. The molecule has 4 atom stereocenters. The number of anilines is 1. The highest BCUT2D eigenvalue weighted by Gasteiger charge is 2.69.